The number of rotatable bonds is 3. The Morgan fingerprint density at radius 3 is 2.21 bits per heavy atom. The molecule has 2 aromatic rings. The zero-order chi connectivity index (χ0) is 14.0. The summed E-state index contributed by atoms with van der Waals surface area (Å²) in [6.45, 7) is 1.86. The fraction of sp³-hybridized carbons (Fsp3) is 0.0769. The minimum absolute atomic E-state index is 0.0293. The summed E-state index contributed by atoms with van der Waals surface area (Å²) in [5.74, 6) is 0.113. The third-order valence-electron chi connectivity index (χ3n) is 2.53. The van der Waals surface area contributed by atoms with Crippen molar-refractivity contribution in [2.75, 3.05) is 11.5 Å². The molecule has 0 aliphatic heterocycles. The largest absolute Gasteiger partial charge is 0.399 e. The van der Waals surface area contributed by atoms with E-state index in [2.05, 4.69) is 0 Å². The van der Waals surface area contributed by atoms with Gasteiger partial charge in [0.05, 0.1) is 5.69 Å². The van der Waals surface area contributed by atoms with Gasteiger partial charge in [-0.1, -0.05) is 6.07 Å². The number of nitrogens with two attached hydrogens (primary N) is 2. The van der Waals surface area contributed by atoms with Crippen LogP contribution in [-0.4, -0.2) is 8.42 Å². The van der Waals surface area contributed by atoms with Crippen LogP contribution in [0, 0.1) is 6.92 Å². The highest BCUT2D eigenvalue weighted by molar-refractivity contribution is 7.87. The summed E-state index contributed by atoms with van der Waals surface area (Å²) in [7, 11) is -3.90. The smallest absolute Gasteiger partial charge is 0.339 e. The monoisotopic (exact) mass is 278 g/mol. The lowest BCUT2D eigenvalue weighted by Crippen LogP contribution is -2.11. The van der Waals surface area contributed by atoms with Crippen molar-refractivity contribution in [3.63, 3.8) is 0 Å². The summed E-state index contributed by atoms with van der Waals surface area (Å²) in [4.78, 5) is 0.0293. The predicted octanol–water partition coefficient (Wildman–Crippen LogP) is 1.93. The Kier molecular flexibility index (Phi) is 3.35. The highest BCUT2D eigenvalue weighted by Gasteiger charge is 2.17. The highest BCUT2D eigenvalue weighted by atomic mass is 32.2. The van der Waals surface area contributed by atoms with Gasteiger partial charge in [-0.25, -0.2) is 0 Å². The molecule has 100 valence electrons. The Balaban J connectivity index is 2.33. The van der Waals surface area contributed by atoms with Crippen molar-refractivity contribution < 1.29 is 12.6 Å². The molecule has 0 heterocycles. The maximum atomic E-state index is 12.0. The van der Waals surface area contributed by atoms with Crippen molar-refractivity contribution in [3.8, 4) is 5.75 Å². The first-order chi connectivity index (χ1) is 8.88. The van der Waals surface area contributed by atoms with E-state index in [1.54, 1.807) is 12.1 Å². The Labute approximate surface area is 111 Å². The average molecular weight is 278 g/mol. The fourth-order valence-corrected chi connectivity index (χ4v) is 2.50. The number of anilines is 2. The lowest BCUT2D eigenvalue weighted by atomic mass is 10.2. The summed E-state index contributed by atoms with van der Waals surface area (Å²) < 4.78 is 29.1. The first kappa shape index (κ1) is 13.2. The second-order valence-corrected chi connectivity index (χ2v) is 5.69. The lowest BCUT2D eigenvalue weighted by Gasteiger charge is -2.09. The van der Waals surface area contributed by atoms with Gasteiger partial charge in [-0.15, -0.1) is 0 Å². The molecule has 0 radical (unpaired) electrons. The molecule has 0 spiro atoms. The van der Waals surface area contributed by atoms with Crippen LogP contribution in [0.3, 0.4) is 0 Å². The van der Waals surface area contributed by atoms with Crippen molar-refractivity contribution in [1.82, 2.24) is 0 Å². The van der Waals surface area contributed by atoms with Crippen molar-refractivity contribution >= 4 is 21.5 Å². The van der Waals surface area contributed by atoms with Gasteiger partial charge >= 0.3 is 10.1 Å². The first-order valence-electron chi connectivity index (χ1n) is 5.54. The Morgan fingerprint density at radius 2 is 1.63 bits per heavy atom. The van der Waals surface area contributed by atoms with E-state index in [0.29, 0.717) is 5.69 Å². The van der Waals surface area contributed by atoms with E-state index >= 15 is 0 Å². The summed E-state index contributed by atoms with van der Waals surface area (Å²) in [5.41, 5.74) is 12.9. The van der Waals surface area contributed by atoms with Gasteiger partial charge in [-0.3, -0.25) is 0 Å². The third-order valence-corrected chi connectivity index (χ3v) is 3.78. The van der Waals surface area contributed by atoms with Crippen LogP contribution in [0.1, 0.15) is 5.56 Å². The van der Waals surface area contributed by atoms with Crippen molar-refractivity contribution in [1.29, 1.82) is 0 Å². The van der Waals surface area contributed by atoms with Gasteiger partial charge in [-0.05, 0) is 48.9 Å². The standard InChI is InChI=1S/C13H14N2O3S/c1-9-2-7-13(12(15)8-9)18-19(16,17)11-5-3-10(14)4-6-11/h2-8H,14-15H2,1H3. The number of benzene rings is 2. The van der Waals surface area contributed by atoms with Gasteiger partial charge in [0.2, 0.25) is 0 Å². The third kappa shape index (κ3) is 2.97. The Bertz CT molecular complexity index is 694. The Hall–Kier alpha value is -2.21. The van der Waals surface area contributed by atoms with Gasteiger partial charge in [0.15, 0.2) is 5.75 Å². The molecule has 0 aliphatic carbocycles. The van der Waals surface area contributed by atoms with E-state index in [0.717, 1.165) is 5.56 Å². The van der Waals surface area contributed by atoms with Crippen LogP contribution in [0.4, 0.5) is 11.4 Å². The molecular weight excluding hydrogens is 264 g/mol. The van der Waals surface area contributed by atoms with Gasteiger partial charge in [-0.2, -0.15) is 8.42 Å². The number of hydrogen-bond donors (Lipinski definition) is 2. The van der Waals surface area contributed by atoms with Gasteiger partial charge in [0.25, 0.3) is 0 Å². The van der Waals surface area contributed by atoms with Crippen LogP contribution >= 0.6 is 0 Å². The number of nitrogen functional groups attached to an aromatic ring is 2. The second kappa shape index (κ2) is 4.81. The topological polar surface area (TPSA) is 95.4 Å². The van der Waals surface area contributed by atoms with Crippen LogP contribution in [0.5, 0.6) is 5.75 Å². The van der Waals surface area contributed by atoms with Crippen molar-refractivity contribution in [2.45, 2.75) is 11.8 Å². The second-order valence-electron chi connectivity index (χ2n) is 4.15. The molecular formula is C13H14N2O3S. The molecule has 0 unspecified atom stereocenters. The molecule has 6 heteroatoms. The van der Waals surface area contributed by atoms with Crippen LogP contribution in [-0.2, 0) is 10.1 Å². The summed E-state index contributed by atoms with van der Waals surface area (Å²) in [6, 6.07) is 10.7. The van der Waals surface area contributed by atoms with Gasteiger partial charge < -0.3 is 15.7 Å². The SMILES string of the molecule is Cc1ccc(OS(=O)(=O)c2ccc(N)cc2)c(N)c1. The minimum atomic E-state index is -3.90. The number of hydrogen-bond acceptors (Lipinski definition) is 5. The molecule has 19 heavy (non-hydrogen) atoms. The van der Waals surface area contributed by atoms with Crippen LogP contribution in [0.2, 0.25) is 0 Å². The predicted molar refractivity (Wildman–Crippen MR) is 74.3 cm³/mol. The van der Waals surface area contributed by atoms with Crippen molar-refractivity contribution in [2.24, 2.45) is 0 Å². The van der Waals surface area contributed by atoms with Gasteiger partial charge in [0, 0.05) is 5.69 Å². The van der Waals surface area contributed by atoms with E-state index in [9.17, 15) is 8.42 Å². The molecule has 0 saturated carbocycles. The quantitative estimate of drug-likeness (QED) is 0.660. The fourth-order valence-electron chi connectivity index (χ4n) is 1.54. The summed E-state index contributed by atoms with van der Waals surface area (Å²) >= 11 is 0. The van der Waals surface area contributed by atoms with E-state index in [1.807, 2.05) is 6.92 Å². The zero-order valence-corrected chi connectivity index (χ0v) is 11.1. The molecule has 0 aliphatic rings. The average Bonchev–Trinajstić information content (AvgIpc) is 2.33. The lowest BCUT2D eigenvalue weighted by molar-refractivity contribution is 0.487. The van der Waals surface area contributed by atoms with E-state index < -0.39 is 10.1 Å². The van der Waals surface area contributed by atoms with Gasteiger partial charge in [0.1, 0.15) is 4.90 Å². The summed E-state index contributed by atoms with van der Waals surface area (Å²) in [5, 5.41) is 0. The molecule has 0 bridgehead atoms. The van der Waals surface area contributed by atoms with Crippen LogP contribution in [0.15, 0.2) is 47.4 Å². The maximum absolute atomic E-state index is 12.0. The van der Waals surface area contributed by atoms with Crippen LogP contribution in [0.25, 0.3) is 0 Å². The molecule has 0 fully saturated rings. The molecule has 2 aromatic carbocycles. The summed E-state index contributed by atoms with van der Waals surface area (Å²) in [6.07, 6.45) is 0. The molecule has 0 aromatic heterocycles. The Morgan fingerprint density at radius 1 is 1.00 bits per heavy atom. The van der Waals surface area contributed by atoms with E-state index in [4.69, 9.17) is 15.7 Å². The van der Waals surface area contributed by atoms with E-state index in [-0.39, 0.29) is 16.3 Å². The minimum Gasteiger partial charge on any atom is -0.399 e. The first-order valence-corrected chi connectivity index (χ1v) is 6.95. The molecule has 0 amide bonds. The zero-order valence-electron chi connectivity index (χ0n) is 10.3. The maximum Gasteiger partial charge on any atom is 0.339 e. The molecule has 0 saturated heterocycles. The van der Waals surface area contributed by atoms with Crippen molar-refractivity contribution in [3.05, 3.63) is 48.0 Å². The van der Waals surface area contributed by atoms with Crippen LogP contribution < -0.4 is 15.7 Å². The molecule has 4 N–H and O–H groups in total. The molecule has 0 atom stereocenters. The van der Waals surface area contributed by atoms with E-state index in [1.165, 1.54) is 30.3 Å². The molecule has 5 nitrogen and oxygen atoms in total. The highest BCUT2D eigenvalue weighted by Crippen LogP contribution is 2.26. The molecule has 2 rings (SSSR count). The number of aryl methyl sites for hydroxylation is 1. The normalized spacial score (nSPS) is 11.2.